The molecule has 0 radical (unpaired) electrons. The van der Waals surface area contributed by atoms with Gasteiger partial charge in [-0.25, -0.2) is 0 Å². The first kappa shape index (κ1) is 20.9. The minimum Gasteiger partial charge on any atom is -0.393 e. The van der Waals surface area contributed by atoms with Crippen LogP contribution in [-0.2, 0) is 4.74 Å². The Morgan fingerprint density at radius 1 is 1.14 bits per heavy atom. The summed E-state index contributed by atoms with van der Waals surface area (Å²) in [5.41, 5.74) is -0.347. The number of aliphatic hydroxyl groups excluding tert-OH is 2. The molecule has 1 rings (SSSR count). The van der Waals surface area contributed by atoms with Crippen molar-refractivity contribution in [3.05, 3.63) is 0 Å². The third-order valence-electron chi connectivity index (χ3n) is 4.58. The number of rotatable bonds is 8. The Bertz CT molecular complexity index is 235. The Labute approximate surface area is 132 Å². The molecule has 0 aliphatic heterocycles. The van der Waals surface area contributed by atoms with Gasteiger partial charge < -0.3 is 14.9 Å². The first-order valence-electron chi connectivity index (χ1n) is 8.87. The maximum absolute atomic E-state index is 10.3. The summed E-state index contributed by atoms with van der Waals surface area (Å²) in [5, 5.41) is 19.1. The van der Waals surface area contributed by atoms with E-state index in [0.29, 0.717) is 5.92 Å². The zero-order valence-electron chi connectivity index (χ0n) is 14.9. The maximum Gasteiger partial charge on any atom is 0.144 e. The van der Waals surface area contributed by atoms with Gasteiger partial charge in [-0.15, -0.1) is 0 Å². The highest BCUT2D eigenvalue weighted by Crippen LogP contribution is 2.31. The fourth-order valence-corrected chi connectivity index (χ4v) is 3.13. The minimum atomic E-state index is -0.347. The summed E-state index contributed by atoms with van der Waals surface area (Å²) in [6.07, 6.45) is 9.25. The highest BCUT2D eigenvalue weighted by atomic mass is 16.6. The molecule has 128 valence electrons. The summed E-state index contributed by atoms with van der Waals surface area (Å²) in [5.74, 6) is 1.19. The first-order valence-corrected chi connectivity index (χ1v) is 8.87. The van der Waals surface area contributed by atoms with Crippen molar-refractivity contribution >= 4 is 0 Å². The van der Waals surface area contributed by atoms with Gasteiger partial charge in [0.1, 0.15) is 6.79 Å². The van der Waals surface area contributed by atoms with Gasteiger partial charge in [-0.2, -0.15) is 0 Å². The lowest BCUT2D eigenvalue weighted by molar-refractivity contribution is -0.106. The molecular weight excluding hydrogens is 264 g/mol. The van der Waals surface area contributed by atoms with Crippen molar-refractivity contribution in [3.63, 3.8) is 0 Å². The summed E-state index contributed by atoms with van der Waals surface area (Å²) in [6.45, 7) is 9.84. The van der Waals surface area contributed by atoms with Crippen LogP contribution in [0.2, 0.25) is 0 Å². The van der Waals surface area contributed by atoms with Gasteiger partial charge in [-0.3, -0.25) is 0 Å². The molecule has 0 amide bonds. The van der Waals surface area contributed by atoms with Crippen LogP contribution in [0.15, 0.2) is 0 Å². The zero-order valence-corrected chi connectivity index (χ0v) is 14.9. The molecule has 21 heavy (non-hydrogen) atoms. The molecular formula is C18H38O3. The molecule has 3 nitrogen and oxygen atoms in total. The molecule has 2 N–H and O–H groups in total. The Kier molecular flexibility index (Phi) is 11.4. The maximum atomic E-state index is 10.3. The zero-order chi connectivity index (χ0) is 16.3. The summed E-state index contributed by atoms with van der Waals surface area (Å²) in [7, 11) is 0. The highest BCUT2D eigenvalue weighted by molar-refractivity contribution is 4.76. The summed E-state index contributed by atoms with van der Waals surface area (Å²) < 4.78 is 5.25. The van der Waals surface area contributed by atoms with Crippen molar-refractivity contribution in [1.29, 1.82) is 0 Å². The van der Waals surface area contributed by atoms with Crippen LogP contribution in [-0.4, -0.2) is 28.7 Å². The van der Waals surface area contributed by atoms with Crippen molar-refractivity contribution in [3.8, 4) is 0 Å². The van der Waals surface area contributed by atoms with Gasteiger partial charge in [-0.1, -0.05) is 52.9 Å². The molecule has 0 unspecified atom stereocenters. The van der Waals surface area contributed by atoms with Gasteiger partial charge in [0.2, 0.25) is 0 Å². The molecule has 1 aliphatic carbocycles. The van der Waals surface area contributed by atoms with Crippen molar-refractivity contribution in [2.75, 3.05) is 6.79 Å². The summed E-state index contributed by atoms with van der Waals surface area (Å²) in [4.78, 5) is 0. The largest absolute Gasteiger partial charge is 0.393 e. The molecule has 1 aliphatic rings. The lowest BCUT2D eigenvalue weighted by atomic mass is 9.81. The SMILES string of the molecule is CC.C[C@@H](CC1CCCCC1)[C@@H](O)CCC(C)(C)OCO. The van der Waals surface area contributed by atoms with E-state index in [9.17, 15) is 5.11 Å². The van der Waals surface area contributed by atoms with E-state index in [-0.39, 0.29) is 18.5 Å². The van der Waals surface area contributed by atoms with E-state index in [0.717, 1.165) is 25.2 Å². The average Bonchev–Trinajstić information content (AvgIpc) is 2.48. The van der Waals surface area contributed by atoms with Crippen molar-refractivity contribution in [2.24, 2.45) is 11.8 Å². The quantitative estimate of drug-likeness (QED) is 0.649. The lowest BCUT2D eigenvalue weighted by Gasteiger charge is -2.29. The van der Waals surface area contributed by atoms with Crippen LogP contribution in [0.25, 0.3) is 0 Å². The van der Waals surface area contributed by atoms with Crippen molar-refractivity contribution in [1.82, 2.24) is 0 Å². The van der Waals surface area contributed by atoms with E-state index >= 15 is 0 Å². The van der Waals surface area contributed by atoms with Crippen molar-refractivity contribution in [2.45, 2.75) is 97.7 Å². The molecule has 1 fully saturated rings. The number of aliphatic hydroxyl groups is 2. The lowest BCUT2D eigenvalue weighted by Crippen LogP contribution is -2.29. The van der Waals surface area contributed by atoms with E-state index in [1.165, 1.54) is 32.1 Å². The molecule has 3 heteroatoms. The minimum absolute atomic E-state index is 0.247. The second-order valence-corrected chi connectivity index (χ2v) is 6.86. The van der Waals surface area contributed by atoms with Gasteiger partial charge >= 0.3 is 0 Å². The molecule has 0 aromatic rings. The molecule has 0 saturated heterocycles. The fraction of sp³-hybridized carbons (Fsp3) is 1.00. The average molecular weight is 302 g/mol. The van der Waals surface area contributed by atoms with E-state index < -0.39 is 0 Å². The fourth-order valence-electron chi connectivity index (χ4n) is 3.13. The Hall–Kier alpha value is -0.120. The molecule has 0 aromatic heterocycles. The highest BCUT2D eigenvalue weighted by Gasteiger charge is 2.24. The predicted molar refractivity (Wildman–Crippen MR) is 89.2 cm³/mol. The first-order chi connectivity index (χ1) is 9.94. The molecule has 0 aromatic carbocycles. The predicted octanol–water partition coefficient (Wildman–Crippen LogP) is 4.51. The van der Waals surface area contributed by atoms with Crippen molar-refractivity contribution < 1.29 is 14.9 Å². The third-order valence-corrected chi connectivity index (χ3v) is 4.58. The van der Waals surface area contributed by atoms with Crippen LogP contribution < -0.4 is 0 Å². The number of ether oxygens (including phenoxy) is 1. The van der Waals surface area contributed by atoms with Gasteiger partial charge in [0.05, 0.1) is 11.7 Å². The van der Waals surface area contributed by atoms with Crippen LogP contribution in [0.1, 0.15) is 86.0 Å². The Morgan fingerprint density at radius 2 is 1.71 bits per heavy atom. The Balaban J connectivity index is 0.00000191. The van der Waals surface area contributed by atoms with E-state index in [1.54, 1.807) is 0 Å². The topological polar surface area (TPSA) is 49.7 Å². The monoisotopic (exact) mass is 302 g/mol. The van der Waals surface area contributed by atoms with Crippen LogP contribution in [0, 0.1) is 11.8 Å². The van der Waals surface area contributed by atoms with Gasteiger partial charge in [0, 0.05) is 0 Å². The second kappa shape index (κ2) is 11.4. The third kappa shape index (κ3) is 9.49. The summed E-state index contributed by atoms with van der Waals surface area (Å²) >= 11 is 0. The van der Waals surface area contributed by atoms with Crippen LogP contribution in [0.3, 0.4) is 0 Å². The van der Waals surface area contributed by atoms with Gasteiger partial charge in [0.15, 0.2) is 0 Å². The van der Waals surface area contributed by atoms with E-state index in [1.807, 2.05) is 27.7 Å². The smallest absolute Gasteiger partial charge is 0.144 e. The number of hydrogen-bond donors (Lipinski definition) is 2. The van der Waals surface area contributed by atoms with Crippen LogP contribution in [0.5, 0.6) is 0 Å². The summed E-state index contributed by atoms with van der Waals surface area (Å²) in [6, 6.07) is 0. The van der Waals surface area contributed by atoms with Crippen LogP contribution in [0.4, 0.5) is 0 Å². The molecule has 0 heterocycles. The van der Waals surface area contributed by atoms with Gasteiger partial charge in [0.25, 0.3) is 0 Å². The van der Waals surface area contributed by atoms with Crippen LogP contribution >= 0.6 is 0 Å². The molecule has 0 spiro atoms. The van der Waals surface area contributed by atoms with Gasteiger partial charge in [-0.05, 0) is 44.9 Å². The molecule has 2 atom stereocenters. The van der Waals surface area contributed by atoms with E-state index in [4.69, 9.17) is 9.84 Å². The number of hydrogen-bond acceptors (Lipinski definition) is 3. The molecule has 0 bridgehead atoms. The standard InChI is InChI=1S/C16H32O3.C2H6/c1-13(11-14-7-5-4-6-8-14)15(18)9-10-16(2,3)19-12-17;1-2/h13-15,17-18H,4-12H2,1-3H3;1-2H3/t13-,15-;/m0./s1. The second-order valence-electron chi connectivity index (χ2n) is 6.86. The molecule has 1 saturated carbocycles. The normalized spacial score (nSPS) is 19.6. The Morgan fingerprint density at radius 3 is 2.24 bits per heavy atom. The van der Waals surface area contributed by atoms with E-state index in [2.05, 4.69) is 6.92 Å².